The zero-order valence-electron chi connectivity index (χ0n) is 11.2. The fourth-order valence-electron chi connectivity index (χ4n) is 3.21. The van der Waals surface area contributed by atoms with Crippen molar-refractivity contribution in [1.82, 2.24) is 0 Å². The van der Waals surface area contributed by atoms with Crippen LogP contribution < -0.4 is 5.73 Å². The second-order valence-corrected chi connectivity index (χ2v) is 6.74. The number of thiophene rings is 1. The molecule has 96 valence electrons. The normalized spacial score (nSPS) is 29.5. The summed E-state index contributed by atoms with van der Waals surface area (Å²) >= 11 is 1.96. The third kappa shape index (κ3) is 2.92. The molecule has 17 heavy (non-hydrogen) atoms. The molecule has 1 aromatic heterocycles. The van der Waals surface area contributed by atoms with Crippen LogP contribution in [0.1, 0.15) is 55.7 Å². The Morgan fingerprint density at radius 1 is 1.29 bits per heavy atom. The Morgan fingerprint density at radius 2 is 2.06 bits per heavy atom. The monoisotopic (exact) mass is 251 g/mol. The SMILES string of the molecule is CCc1ccc(CC2(N)CCCCC2CC)s1. The minimum absolute atomic E-state index is 0.0723. The first-order valence-corrected chi connectivity index (χ1v) is 7.86. The van der Waals surface area contributed by atoms with Gasteiger partial charge in [0.1, 0.15) is 0 Å². The van der Waals surface area contributed by atoms with Crippen molar-refractivity contribution in [3.8, 4) is 0 Å². The predicted octanol–water partition coefficient (Wildman–Crippen LogP) is 4.15. The van der Waals surface area contributed by atoms with E-state index in [1.54, 1.807) is 0 Å². The van der Waals surface area contributed by atoms with Crippen LogP contribution in [0.2, 0.25) is 0 Å². The van der Waals surface area contributed by atoms with Gasteiger partial charge in [-0.2, -0.15) is 0 Å². The number of nitrogens with two attached hydrogens (primary N) is 1. The van der Waals surface area contributed by atoms with Crippen molar-refractivity contribution in [2.75, 3.05) is 0 Å². The van der Waals surface area contributed by atoms with Crippen LogP contribution in [0.15, 0.2) is 12.1 Å². The van der Waals surface area contributed by atoms with Gasteiger partial charge in [0.2, 0.25) is 0 Å². The smallest absolute Gasteiger partial charge is 0.0231 e. The first kappa shape index (κ1) is 13.1. The third-order valence-corrected chi connectivity index (χ3v) is 5.55. The van der Waals surface area contributed by atoms with Crippen LogP contribution in [0.5, 0.6) is 0 Å². The summed E-state index contributed by atoms with van der Waals surface area (Å²) in [5, 5.41) is 0. The zero-order valence-corrected chi connectivity index (χ0v) is 12.0. The van der Waals surface area contributed by atoms with E-state index in [1.165, 1.54) is 41.9 Å². The molecule has 0 aromatic carbocycles. The fraction of sp³-hybridized carbons (Fsp3) is 0.733. The minimum Gasteiger partial charge on any atom is -0.325 e. The number of aryl methyl sites for hydroxylation is 1. The van der Waals surface area contributed by atoms with Crippen molar-refractivity contribution in [2.45, 2.75) is 64.3 Å². The van der Waals surface area contributed by atoms with Crippen LogP contribution in [0.4, 0.5) is 0 Å². The largest absolute Gasteiger partial charge is 0.325 e. The van der Waals surface area contributed by atoms with Gasteiger partial charge in [-0.05, 0) is 37.3 Å². The summed E-state index contributed by atoms with van der Waals surface area (Å²) in [6, 6.07) is 4.56. The Labute approximate surface area is 109 Å². The molecule has 1 fully saturated rings. The standard InChI is InChI=1S/C15H25NS/c1-3-12-7-5-6-10-15(12,16)11-14-9-8-13(4-2)17-14/h8-9,12H,3-7,10-11,16H2,1-2H3. The lowest BCUT2D eigenvalue weighted by molar-refractivity contribution is 0.183. The summed E-state index contributed by atoms with van der Waals surface area (Å²) < 4.78 is 0. The van der Waals surface area contributed by atoms with Crippen molar-refractivity contribution in [3.63, 3.8) is 0 Å². The van der Waals surface area contributed by atoms with Gasteiger partial charge < -0.3 is 5.73 Å². The molecule has 1 heterocycles. The van der Waals surface area contributed by atoms with Gasteiger partial charge in [-0.3, -0.25) is 0 Å². The van der Waals surface area contributed by atoms with Crippen LogP contribution in [-0.2, 0) is 12.8 Å². The van der Waals surface area contributed by atoms with Crippen molar-refractivity contribution < 1.29 is 0 Å². The average molecular weight is 251 g/mol. The molecule has 0 radical (unpaired) electrons. The first-order chi connectivity index (χ1) is 8.18. The van der Waals surface area contributed by atoms with E-state index in [9.17, 15) is 0 Å². The fourth-order valence-corrected chi connectivity index (χ4v) is 4.31. The maximum Gasteiger partial charge on any atom is 0.0231 e. The van der Waals surface area contributed by atoms with E-state index in [-0.39, 0.29) is 5.54 Å². The molecule has 1 aromatic rings. The van der Waals surface area contributed by atoms with Crippen molar-refractivity contribution >= 4 is 11.3 Å². The molecule has 1 aliphatic carbocycles. The molecule has 1 saturated carbocycles. The molecule has 2 unspecified atom stereocenters. The highest BCUT2D eigenvalue weighted by molar-refractivity contribution is 7.12. The Bertz CT molecular complexity index is 358. The number of hydrogen-bond donors (Lipinski definition) is 1. The van der Waals surface area contributed by atoms with Crippen molar-refractivity contribution in [2.24, 2.45) is 11.7 Å². The molecule has 0 aliphatic heterocycles. The molecular formula is C15H25NS. The summed E-state index contributed by atoms with van der Waals surface area (Å²) in [7, 11) is 0. The highest BCUT2D eigenvalue weighted by Crippen LogP contribution is 2.37. The van der Waals surface area contributed by atoms with Gasteiger partial charge in [0, 0.05) is 21.7 Å². The maximum absolute atomic E-state index is 6.70. The Morgan fingerprint density at radius 3 is 2.71 bits per heavy atom. The predicted molar refractivity (Wildman–Crippen MR) is 76.6 cm³/mol. The lowest BCUT2D eigenvalue weighted by Gasteiger charge is -2.41. The maximum atomic E-state index is 6.70. The van der Waals surface area contributed by atoms with Gasteiger partial charge in [0.05, 0.1) is 0 Å². The second-order valence-electron chi connectivity index (χ2n) is 5.48. The molecule has 2 N–H and O–H groups in total. The lowest BCUT2D eigenvalue weighted by atomic mass is 9.70. The van der Waals surface area contributed by atoms with Crippen molar-refractivity contribution in [1.29, 1.82) is 0 Å². The van der Waals surface area contributed by atoms with Gasteiger partial charge in [-0.15, -0.1) is 11.3 Å². The highest BCUT2D eigenvalue weighted by atomic mass is 32.1. The molecular weight excluding hydrogens is 226 g/mol. The zero-order chi connectivity index (χ0) is 12.3. The van der Waals surface area contributed by atoms with E-state index in [0.29, 0.717) is 0 Å². The van der Waals surface area contributed by atoms with Crippen LogP contribution in [0.25, 0.3) is 0 Å². The van der Waals surface area contributed by atoms with Gasteiger partial charge in [-0.1, -0.05) is 33.1 Å². The second kappa shape index (κ2) is 5.53. The van der Waals surface area contributed by atoms with Crippen molar-refractivity contribution in [3.05, 3.63) is 21.9 Å². The third-order valence-electron chi connectivity index (χ3n) is 4.32. The Kier molecular flexibility index (Phi) is 4.26. The summed E-state index contributed by atoms with van der Waals surface area (Å²) in [4.78, 5) is 2.98. The van der Waals surface area contributed by atoms with Gasteiger partial charge >= 0.3 is 0 Å². The first-order valence-electron chi connectivity index (χ1n) is 7.04. The van der Waals surface area contributed by atoms with E-state index < -0.39 is 0 Å². The quantitative estimate of drug-likeness (QED) is 0.854. The van der Waals surface area contributed by atoms with E-state index in [4.69, 9.17) is 5.73 Å². The minimum atomic E-state index is 0.0723. The van der Waals surface area contributed by atoms with E-state index in [0.717, 1.165) is 18.8 Å². The summed E-state index contributed by atoms with van der Waals surface area (Å²) in [5.41, 5.74) is 6.78. The topological polar surface area (TPSA) is 26.0 Å². The number of hydrogen-bond acceptors (Lipinski definition) is 2. The van der Waals surface area contributed by atoms with Gasteiger partial charge in [-0.25, -0.2) is 0 Å². The highest BCUT2D eigenvalue weighted by Gasteiger charge is 2.36. The Balaban J connectivity index is 2.08. The summed E-state index contributed by atoms with van der Waals surface area (Å²) in [6.45, 7) is 4.52. The summed E-state index contributed by atoms with van der Waals surface area (Å²) in [6.07, 6.45) is 8.73. The van der Waals surface area contributed by atoms with E-state index >= 15 is 0 Å². The average Bonchev–Trinajstić information content (AvgIpc) is 2.76. The number of rotatable bonds is 4. The summed E-state index contributed by atoms with van der Waals surface area (Å²) in [5.74, 6) is 0.725. The molecule has 0 spiro atoms. The molecule has 0 bridgehead atoms. The molecule has 1 nitrogen and oxygen atoms in total. The molecule has 2 heteroatoms. The van der Waals surface area contributed by atoms with Crippen LogP contribution in [0.3, 0.4) is 0 Å². The lowest BCUT2D eigenvalue weighted by Crippen LogP contribution is -2.50. The van der Waals surface area contributed by atoms with E-state index in [1.807, 2.05) is 11.3 Å². The van der Waals surface area contributed by atoms with Gasteiger partial charge in [0.15, 0.2) is 0 Å². The molecule has 2 atom stereocenters. The van der Waals surface area contributed by atoms with Crippen LogP contribution >= 0.6 is 11.3 Å². The van der Waals surface area contributed by atoms with Gasteiger partial charge in [0.25, 0.3) is 0 Å². The molecule has 0 amide bonds. The molecule has 2 rings (SSSR count). The molecule has 1 aliphatic rings. The van der Waals surface area contributed by atoms with Crippen LogP contribution in [0, 0.1) is 5.92 Å². The Hall–Kier alpha value is -0.340. The molecule has 0 saturated heterocycles. The van der Waals surface area contributed by atoms with E-state index in [2.05, 4.69) is 26.0 Å². The van der Waals surface area contributed by atoms with Crippen LogP contribution in [-0.4, -0.2) is 5.54 Å².